The molecule has 0 radical (unpaired) electrons. The number of hydrogen-bond acceptors (Lipinski definition) is 3. The Bertz CT molecular complexity index is 909. The van der Waals surface area contributed by atoms with Gasteiger partial charge >= 0.3 is 0 Å². The molecule has 0 fully saturated rings. The van der Waals surface area contributed by atoms with Crippen molar-refractivity contribution < 1.29 is 13.2 Å². The summed E-state index contributed by atoms with van der Waals surface area (Å²) in [6.07, 6.45) is 3.22. The molecule has 0 saturated carbocycles. The van der Waals surface area contributed by atoms with E-state index in [0.717, 1.165) is 24.1 Å². The molecule has 2 aromatic rings. The minimum absolute atomic E-state index is 0.0431. The van der Waals surface area contributed by atoms with Crippen molar-refractivity contribution in [1.82, 2.24) is 0 Å². The lowest BCUT2D eigenvalue weighted by Crippen LogP contribution is -2.39. The highest BCUT2D eigenvalue weighted by atomic mass is 32.2. The number of carbonyl (C=O) groups excluding carboxylic acids is 1. The van der Waals surface area contributed by atoms with Crippen molar-refractivity contribution in [2.45, 2.75) is 26.2 Å². The number of anilines is 2. The second-order valence-corrected chi connectivity index (χ2v) is 8.61. The highest BCUT2D eigenvalue weighted by molar-refractivity contribution is 7.92. The largest absolute Gasteiger partial charge is 0.312 e. The van der Waals surface area contributed by atoms with Crippen molar-refractivity contribution in [2.75, 3.05) is 28.6 Å². The number of para-hydroxylation sites is 1. The normalized spacial score (nSPS) is 14.0. The van der Waals surface area contributed by atoms with Crippen molar-refractivity contribution in [3.05, 3.63) is 59.7 Å². The lowest BCUT2D eigenvalue weighted by Gasteiger charge is -2.30. The number of fused-ring (bicyclic) bond motifs is 1. The maximum atomic E-state index is 12.8. The van der Waals surface area contributed by atoms with Gasteiger partial charge in [-0.15, -0.1) is 0 Å². The fourth-order valence-corrected chi connectivity index (χ4v) is 4.31. The van der Waals surface area contributed by atoms with E-state index in [0.29, 0.717) is 12.2 Å². The Hall–Kier alpha value is -2.34. The van der Waals surface area contributed by atoms with E-state index in [9.17, 15) is 13.2 Å². The van der Waals surface area contributed by atoms with E-state index >= 15 is 0 Å². The van der Waals surface area contributed by atoms with Gasteiger partial charge in [0, 0.05) is 25.2 Å². The van der Waals surface area contributed by atoms with Crippen molar-refractivity contribution in [3.8, 4) is 0 Å². The Balaban J connectivity index is 1.77. The van der Waals surface area contributed by atoms with Crippen LogP contribution >= 0.6 is 0 Å². The molecule has 6 heteroatoms. The van der Waals surface area contributed by atoms with E-state index in [2.05, 4.69) is 0 Å². The minimum atomic E-state index is -3.46. The van der Waals surface area contributed by atoms with Crippen LogP contribution in [0.3, 0.4) is 0 Å². The molecule has 0 saturated heterocycles. The molecule has 1 amide bonds. The van der Waals surface area contributed by atoms with Crippen LogP contribution in [-0.2, 0) is 21.2 Å². The Morgan fingerprint density at radius 3 is 2.65 bits per heavy atom. The molecule has 2 aromatic carbocycles. The van der Waals surface area contributed by atoms with Crippen LogP contribution in [0.1, 0.15) is 24.0 Å². The van der Waals surface area contributed by atoms with Gasteiger partial charge in [0.25, 0.3) is 0 Å². The van der Waals surface area contributed by atoms with E-state index in [1.54, 1.807) is 11.0 Å². The average Bonchev–Trinajstić information content (AvgIpc) is 2.60. The molecule has 26 heavy (non-hydrogen) atoms. The molecule has 0 N–H and O–H groups in total. The van der Waals surface area contributed by atoms with E-state index in [1.165, 1.54) is 16.1 Å². The predicted molar refractivity (Wildman–Crippen MR) is 105 cm³/mol. The van der Waals surface area contributed by atoms with Crippen LogP contribution in [0.5, 0.6) is 0 Å². The zero-order chi connectivity index (χ0) is 18.7. The van der Waals surface area contributed by atoms with Crippen LogP contribution < -0.4 is 9.21 Å². The first-order chi connectivity index (χ1) is 12.4. The molecule has 0 unspecified atom stereocenters. The van der Waals surface area contributed by atoms with Crippen molar-refractivity contribution in [3.63, 3.8) is 0 Å². The number of amides is 1. The van der Waals surface area contributed by atoms with Gasteiger partial charge in [-0.25, -0.2) is 8.42 Å². The third-order valence-corrected chi connectivity index (χ3v) is 5.82. The summed E-state index contributed by atoms with van der Waals surface area (Å²) < 4.78 is 25.8. The van der Waals surface area contributed by atoms with Gasteiger partial charge < -0.3 is 4.90 Å². The number of hydrogen-bond donors (Lipinski definition) is 0. The van der Waals surface area contributed by atoms with E-state index in [1.807, 2.05) is 49.4 Å². The van der Waals surface area contributed by atoms with Crippen LogP contribution in [0.2, 0.25) is 0 Å². The number of rotatable bonds is 5. The predicted octanol–water partition coefficient (Wildman–Crippen LogP) is 3.13. The number of nitrogens with zero attached hydrogens (tertiary/aromatic N) is 2. The summed E-state index contributed by atoms with van der Waals surface area (Å²) in [6.45, 7) is 2.73. The van der Waals surface area contributed by atoms with Crippen LogP contribution in [0, 0.1) is 6.92 Å². The molecule has 0 aliphatic carbocycles. The second-order valence-electron chi connectivity index (χ2n) is 6.70. The fraction of sp³-hybridized carbons (Fsp3) is 0.350. The first kappa shape index (κ1) is 18.5. The van der Waals surface area contributed by atoms with Gasteiger partial charge in [-0.2, -0.15) is 0 Å². The Morgan fingerprint density at radius 1 is 1.15 bits per heavy atom. The number of aryl methyl sites for hydroxylation is 2. The maximum absolute atomic E-state index is 12.8. The molecule has 1 aliphatic heterocycles. The number of sulfonamides is 1. The molecule has 1 heterocycles. The molecule has 138 valence electrons. The van der Waals surface area contributed by atoms with Gasteiger partial charge in [0.05, 0.1) is 11.9 Å². The first-order valence-electron chi connectivity index (χ1n) is 8.79. The third-order valence-electron chi connectivity index (χ3n) is 4.63. The summed E-state index contributed by atoms with van der Waals surface area (Å²) in [7, 11) is -3.46. The zero-order valence-corrected chi connectivity index (χ0v) is 16.0. The summed E-state index contributed by atoms with van der Waals surface area (Å²) in [4.78, 5) is 14.6. The molecular weight excluding hydrogens is 348 g/mol. The van der Waals surface area contributed by atoms with Crippen LogP contribution in [0.15, 0.2) is 48.5 Å². The second kappa shape index (κ2) is 7.50. The quantitative estimate of drug-likeness (QED) is 0.810. The molecule has 0 aromatic heterocycles. The smallest absolute Gasteiger partial charge is 0.232 e. The summed E-state index contributed by atoms with van der Waals surface area (Å²) in [5.41, 5.74) is 3.70. The number of carbonyl (C=O) groups is 1. The summed E-state index contributed by atoms with van der Waals surface area (Å²) in [6, 6.07) is 15.2. The molecule has 5 nitrogen and oxygen atoms in total. The monoisotopic (exact) mass is 372 g/mol. The van der Waals surface area contributed by atoms with Crippen molar-refractivity contribution in [2.24, 2.45) is 0 Å². The summed E-state index contributed by atoms with van der Waals surface area (Å²) in [5.74, 6) is -0.0431. The van der Waals surface area contributed by atoms with Gasteiger partial charge in [-0.05, 0) is 49.1 Å². The van der Waals surface area contributed by atoms with E-state index < -0.39 is 10.0 Å². The standard InChI is InChI=1S/C20H24N2O3S/c1-16-7-5-10-18(15-16)22(26(2,24)25)14-12-20(23)21-13-6-9-17-8-3-4-11-19(17)21/h3-5,7-8,10-11,15H,6,9,12-14H2,1-2H3. The summed E-state index contributed by atoms with van der Waals surface area (Å²) >= 11 is 0. The zero-order valence-electron chi connectivity index (χ0n) is 15.2. The highest BCUT2D eigenvalue weighted by Gasteiger charge is 2.24. The maximum Gasteiger partial charge on any atom is 0.232 e. The third kappa shape index (κ3) is 4.07. The van der Waals surface area contributed by atoms with Crippen LogP contribution in [0.4, 0.5) is 11.4 Å². The molecule has 0 bridgehead atoms. The van der Waals surface area contributed by atoms with Gasteiger partial charge in [-0.3, -0.25) is 9.10 Å². The van der Waals surface area contributed by atoms with Gasteiger partial charge in [0.1, 0.15) is 0 Å². The number of benzene rings is 2. The van der Waals surface area contributed by atoms with Gasteiger partial charge in [-0.1, -0.05) is 30.3 Å². The SMILES string of the molecule is Cc1cccc(N(CCC(=O)N2CCCc3ccccc32)S(C)(=O)=O)c1. The van der Waals surface area contributed by atoms with E-state index in [4.69, 9.17) is 0 Å². The molecule has 1 aliphatic rings. The molecule has 3 rings (SSSR count). The fourth-order valence-electron chi connectivity index (χ4n) is 3.39. The Morgan fingerprint density at radius 2 is 1.92 bits per heavy atom. The Labute approximate surface area is 155 Å². The summed E-state index contributed by atoms with van der Waals surface area (Å²) in [5, 5.41) is 0. The van der Waals surface area contributed by atoms with Crippen LogP contribution in [-0.4, -0.2) is 33.7 Å². The van der Waals surface area contributed by atoms with Gasteiger partial charge in [0.2, 0.25) is 15.9 Å². The average molecular weight is 372 g/mol. The van der Waals surface area contributed by atoms with E-state index in [-0.39, 0.29) is 18.9 Å². The topological polar surface area (TPSA) is 57.7 Å². The van der Waals surface area contributed by atoms with Crippen molar-refractivity contribution in [1.29, 1.82) is 0 Å². The van der Waals surface area contributed by atoms with Crippen molar-refractivity contribution >= 4 is 27.3 Å². The molecule has 0 atom stereocenters. The first-order valence-corrected chi connectivity index (χ1v) is 10.6. The molecule has 0 spiro atoms. The molecular formula is C20H24N2O3S. The lowest BCUT2D eigenvalue weighted by molar-refractivity contribution is -0.118. The highest BCUT2D eigenvalue weighted by Crippen LogP contribution is 2.27. The van der Waals surface area contributed by atoms with Gasteiger partial charge in [0.15, 0.2) is 0 Å². The lowest BCUT2D eigenvalue weighted by atomic mass is 10.0. The van der Waals surface area contributed by atoms with Crippen LogP contribution in [0.25, 0.3) is 0 Å². The minimum Gasteiger partial charge on any atom is -0.312 e. The Kier molecular flexibility index (Phi) is 5.32.